The van der Waals surface area contributed by atoms with E-state index in [0.717, 1.165) is 12.1 Å². The quantitative estimate of drug-likeness (QED) is 0.848. The van der Waals surface area contributed by atoms with Gasteiger partial charge in [0.15, 0.2) is 0 Å². The lowest BCUT2D eigenvalue weighted by Gasteiger charge is -2.27. The molecule has 0 aliphatic carbocycles. The van der Waals surface area contributed by atoms with Crippen LogP contribution in [-0.4, -0.2) is 29.5 Å². The Labute approximate surface area is 123 Å². The molecule has 1 N–H and O–H groups in total. The molecule has 0 saturated carbocycles. The van der Waals surface area contributed by atoms with Crippen LogP contribution in [0.15, 0.2) is 12.3 Å². The van der Waals surface area contributed by atoms with Gasteiger partial charge in [0.2, 0.25) is 0 Å². The van der Waals surface area contributed by atoms with Crippen LogP contribution < -0.4 is 5.32 Å². The summed E-state index contributed by atoms with van der Waals surface area (Å²) >= 11 is 6.03. The van der Waals surface area contributed by atoms with Crippen LogP contribution in [0.5, 0.6) is 0 Å². The van der Waals surface area contributed by atoms with Crippen molar-refractivity contribution in [3.8, 4) is 0 Å². The van der Waals surface area contributed by atoms with E-state index >= 15 is 0 Å². The van der Waals surface area contributed by atoms with Gasteiger partial charge in [0.05, 0.1) is 17.7 Å². The highest BCUT2D eigenvalue weighted by Gasteiger charge is 2.35. The number of rotatable bonds is 5. The molecule has 5 nitrogen and oxygen atoms in total. The highest BCUT2D eigenvalue weighted by atomic mass is 35.5. The number of nitrogens with one attached hydrogen (secondary N) is 1. The Bertz CT molecular complexity index is 519. The minimum absolute atomic E-state index is 0.239. The number of carbonyl (C=O) groups excluding carboxylic acids is 2. The lowest BCUT2D eigenvalue weighted by atomic mass is 9.95. The number of carbonyl (C=O) groups is 2. The van der Waals surface area contributed by atoms with Gasteiger partial charge in [0.25, 0.3) is 5.91 Å². The maximum Gasteiger partial charge on any atom is 0.331 e. The molecule has 0 aliphatic heterocycles. The van der Waals surface area contributed by atoms with Crippen molar-refractivity contribution in [1.82, 2.24) is 10.3 Å². The molecule has 1 rings (SSSR count). The van der Waals surface area contributed by atoms with Gasteiger partial charge in [-0.25, -0.2) is 4.79 Å². The second-order valence-corrected chi connectivity index (χ2v) is 5.24. The van der Waals surface area contributed by atoms with E-state index in [1.165, 1.54) is 13.3 Å². The molecular weight excluding hydrogens is 280 g/mol. The zero-order chi connectivity index (χ0) is 15.3. The fraction of sp³-hybridized carbons (Fsp3) is 0.500. The molecule has 1 aromatic rings. The molecule has 1 aromatic heterocycles. The van der Waals surface area contributed by atoms with Crippen LogP contribution in [-0.2, 0) is 9.53 Å². The number of hydrogen-bond acceptors (Lipinski definition) is 4. The van der Waals surface area contributed by atoms with Crippen LogP contribution in [0.2, 0.25) is 5.02 Å². The van der Waals surface area contributed by atoms with E-state index in [9.17, 15) is 9.59 Å². The number of hydrogen-bond donors (Lipinski definition) is 1. The van der Waals surface area contributed by atoms with Crippen LogP contribution in [0.1, 0.15) is 42.7 Å². The van der Waals surface area contributed by atoms with E-state index in [1.807, 2.05) is 6.92 Å². The molecule has 0 aromatic carbocycles. The summed E-state index contributed by atoms with van der Waals surface area (Å²) in [5.74, 6) is -0.923. The molecule has 0 radical (unpaired) electrons. The third-order valence-electron chi connectivity index (χ3n) is 3.01. The summed E-state index contributed by atoms with van der Waals surface area (Å²) in [6.07, 6.45) is 2.60. The summed E-state index contributed by atoms with van der Waals surface area (Å²) in [7, 11) is 1.29. The Morgan fingerprint density at radius 1 is 1.50 bits per heavy atom. The van der Waals surface area contributed by atoms with Crippen molar-refractivity contribution in [3.05, 3.63) is 28.5 Å². The third kappa shape index (κ3) is 3.70. The average molecular weight is 299 g/mol. The molecule has 0 aliphatic rings. The van der Waals surface area contributed by atoms with Crippen molar-refractivity contribution in [2.75, 3.05) is 7.11 Å². The monoisotopic (exact) mass is 298 g/mol. The molecule has 20 heavy (non-hydrogen) atoms. The van der Waals surface area contributed by atoms with Gasteiger partial charge >= 0.3 is 5.97 Å². The van der Waals surface area contributed by atoms with Gasteiger partial charge in [-0.3, -0.25) is 9.78 Å². The molecule has 1 amide bonds. The first-order chi connectivity index (χ1) is 9.34. The van der Waals surface area contributed by atoms with Crippen molar-refractivity contribution >= 4 is 23.5 Å². The van der Waals surface area contributed by atoms with Crippen molar-refractivity contribution in [2.24, 2.45) is 0 Å². The number of nitrogens with zero attached hydrogens (tertiary/aromatic N) is 1. The van der Waals surface area contributed by atoms with E-state index in [2.05, 4.69) is 10.3 Å². The molecule has 0 bridgehead atoms. The zero-order valence-electron chi connectivity index (χ0n) is 12.1. The first-order valence-electron chi connectivity index (χ1n) is 6.37. The van der Waals surface area contributed by atoms with Gasteiger partial charge in [0, 0.05) is 11.9 Å². The molecule has 6 heteroatoms. The first kappa shape index (κ1) is 16.4. The van der Waals surface area contributed by atoms with Gasteiger partial charge in [0.1, 0.15) is 5.54 Å². The van der Waals surface area contributed by atoms with Crippen LogP contribution in [0.25, 0.3) is 0 Å². The maximum absolute atomic E-state index is 12.2. The van der Waals surface area contributed by atoms with Crippen LogP contribution in [0, 0.1) is 6.92 Å². The molecule has 1 heterocycles. The van der Waals surface area contributed by atoms with Gasteiger partial charge in [-0.15, -0.1) is 0 Å². The second-order valence-electron chi connectivity index (χ2n) is 4.83. The van der Waals surface area contributed by atoms with Crippen LogP contribution in [0.3, 0.4) is 0 Å². The van der Waals surface area contributed by atoms with Crippen molar-refractivity contribution in [1.29, 1.82) is 0 Å². The lowest BCUT2D eigenvalue weighted by Crippen LogP contribution is -2.52. The van der Waals surface area contributed by atoms with Crippen molar-refractivity contribution in [2.45, 2.75) is 39.2 Å². The fourth-order valence-electron chi connectivity index (χ4n) is 1.95. The standard InChI is InChI=1S/C14H19ClN2O3/c1-5-6-14(3,13(19)20-4)17-12(18)10-8-16-9(2)7-11(10)15/h7-8H,5-6H2,1-4H3,(H,17,18). The number of pyridine rings is 1. The Hall–Kier alpha value is -1.62. The largest absolute Gasteiger partial charge is 0.467 e. The van der Waals surface area contributed by atoms with E-state index in [0.29, 0.717) is 11.4 Å². The highest BCUT2D eigenvalue weighted by molar-refractivity contribution is 6.33. The zero-order valence-corrected chi connectivity index (χ0v) is 12.9. The SMILES string of the molecule is CCCC(C)(NC(=O)c1cnc(C)cc1Cl)C(=O)OC. The molecule has 110 valence electrons. The highest BCUT2D eigenvalue weighted by Crippen LogP contribution is 2.19. The molecule has 0 spiro atoms. The predicted molar refractivity (Wildman–Crippen MR) is 76.8 cm³/mol. The van der Waals surface area contributed by atoms with Gasteiger partial charge in [-0.1, -0.05) is 24.9 Å². The number of halogens is 1. The second kappa shape index (κ2) is 6.70. The maximum atomic E-state index is 12.2. The smallest absolute Gasteiger partial charge is 0.331 e. The van der Waals surface area contributed by atoms with E-state index in [4.69, 9.17) is 16.3 Å². The molecule has 1 atom stereocenters. The fourth-order valence-corrected chi connectivity index (χ4v) is 2.24. The van der Waals surface area contributed by atoms with Gasteiger partial charge < -0.3 is 10.1 Å². The molecule has 0 saturated heterocycles. The number of amides is 1. The number of aryl methyl sites for hydroxylation is 1. The number of aromatic nitrogens is 1. The molecule has 1 unspecified atom stereocenters. The average Bonchev–Trinajstić information content (AvgIpc) is 2.37. The summed E-state index contributed by atoms with van der Waals surface area (Å²) in [6, 6.07) is 1.60. The Morgan fingerprint density at radius 2 is 2.15 bits per heavy atom. The van der Waals surface area contributed by atoms with Crippen molar-refractivity contribution in [3.63, 3.8) is 0 Å². The molecular formula is C14H19ClN2O3. The van der Waals surface area contributed by atoms with Crippen LogP contribution in [0.4, 0.5) is 0 Å². The molecule has 0 fully saturated rings. The van der Waals surface area contributed by atoms with E-state index < -0.39 is 17.4 Å². The summed E-state index contributed by atoms with van der Waals surface area (Å²) in [6.45, 7) is 5.34. The Morgan fingerprint density at radius 3 is 2.65 bits per heavy atom. The minimum atomic E-state index is -1.07. The summed E-state index contributed by atoms with van der Waals surface area (Å²) < 4.78 is 4.75. The van der Waals surface area contributed by atoms with E-state index in [1.54, 1.807) is 19.9 Å². The Balaban J connectivity index is 2.99. The predicted octanol–water partition coefficient (Wildman–Crippen LogP) is 2.51. The third-order valence-corrected chi connectivity index (χ3v) is 3.32. The number of methoxy groups -OCH3 is 1. The van der Waals surface area contributed by atoms with E-state index in [-0.39, 0.29) is 5.56 Å². The van der Waals surface area contributed by atoms with Gasteiger partial charge in [-0.2, -0.15) is 0 Å². The van der Waals surface area contributed by atoms with Crippen LogP contribution >= 0.6 is 11.6 Å². The minimum Gasteiger partial charge on any atom is -0.467 e. The summed E-state index contributed by atoms with van der Waals surface area (Å²) in [5, 5.41) is 2.99. The number of esters is 1. The topological polar surface area (TPSA) is 68.3 Å². The van der Waals surface area contributed by atoms with Crippen molar-refractivity contribution < 1.29 is 14.3 Å². The first-order valence-corrected chi connectivity index (χ1v) is 6.75. The number of ether oxygens (including phenoxy) is 1. The van der Waals surface area contributed by atoms with Gasteiger partial charge in [-0.05, 0) is 26.3 Å². The lowest BCUT2D eigenvalue weighted by molar-refractivity contribution is -0.147. The normalized spacial score (nSPS) is 13.4. The summed E-state index contributed by atoms with van der Waals surface area (Å²) in [5.41, 5.74) is -0.117. The Kier molecular flexibility index (Phi) is 5.51. The summed E-state index contributed by atoms with van der Waals surface area (Å²) in [4.78, 5) is 28.1.